The average Bonchev–Trinajstić information content (AvgIpc) is 2.78. The fourth-order valence-corrected chi connectivity index (χ4v) is 2.41. The highest BCUT2D eigenvalue weighted by Crippen LogP contribution is 2.14. The van der Waals surface area contributed by atoms with E-state index in [0.29, 0.717) is 11.2 Å². The zero-order valence-corrected chi connectivity index (χ0v) is 12.6. The SMILES string of the molecule is O=C(Cn1c(=O)[nH]c2ccccc21)Nc1ccc(Br)cc1. The Kier molecular flexibility index (Phi) is 3.62. The van der Waals surface area contributed by atoms with Crippen molar-refractivity contribution >= 4 is 38.6 Å². The number of H-pyrrole nitrogens is 1. The monoisotopic (exact) mass is 345 g/mol. The summed E-state index contributed by atoms with van der Waals surface area (Å²) in [4.78, 5) is 26.7. The number of carbonyl (C=O) groups is 1. The van der Waals surface area contributed by atoms with Crippen molar-refractivity contribution in [2.24, 2.45) is 0 Å². The topological polar surface area (TPSA) is 66.9 Å². The lowest BCUT2D eigenvalue weighted by atomic mass is 10.3. The Morgan fingerprint density at radius 3 is 2.62 bits per heavy atom. The minimum Gasteiger partial charge on any atom is -0.325 e. The van der Waals surface area contributed by atoms with E-state index in [4.69, 9.17) is 0 Å². The highest BCUT2D eigenvalue weighted by Gasteiger charge is 2.10. The predicted octanol–water partition coefficient (Wildman–Crippen LogP) is 2.73. The molecule has 3 rings (SSSR count). The van der Waals surface area contributed by atoms with Crippen molar-refractivity contribution in [3.63, 3.8) is 0 Å². The van der Waals surface area contributed by atoms with Crippen LogP contribution in [0.4, 0.5) is 5.69 Å². The molecule has 0 bridgehead atoms. The smallest absolute Gasteiger partial charge is 0.325 e. The van der Waals surface area contributed by atoms with Crippen molar-refractivity contribution in [3.05, 3.63) is 63.5 Å². The molecule has 5 nitrogen and oxygen atoms in total. The van der Waals surface area contributed by atoms with Gasteiger partial charge in [-0.15, -0.1) is 0 Å². The molecule has 2 aromatic carbocycles. The van der Waals surface area contributed by atoms with Crippen LogP contribution in [0.25, 0.3) is 11.0 Å². The van der Waals surface area contributed by atoms with Gasteiger partial charge in [0.1, 0.15) is 6.54 Å². The van der Waals surface area contributed by atoms with Crippen molar-refractivity contribution in [2.75, 3.05) is 5.32 Å². The number of aromatic nitrogens is 2. The normalized spacial score (nSPS) is 10.7. The van der Waals surface area contributed by atoms with Gasteiger partial charge in [0, 0.05) is 10.2 Å². The number of imidazole rings is 1. The number of hydrogen-bond acceptors (Lipinski definition) is 2. The summed E-state index contributed by atoms with van der Waals surface area (Å²) in [6.45, 7) is -0.0289. The molecule has 0 radical (unpaired) electrons. The van der Waals surface area contributed by atoms with E-state index in [1.807, 2.05) is 24.3 Å². The highest BCUT2D eigenvalue weighted by molar-refractivity contribution is 9.10. The first-order valence-corrected chi connectivity index (χ1v) is 7.16. The van der Waals surface area contributed by atoms with Crippen LogP contribution in [0.5, 0.6) is 0 Å². The summed E-state index contributed by atoms with van der Waals surface area (Å²) in [5.41, 5.74) is 1.84. The van der Waals surface area contributed by atoms with Gasteiger partial charge in [0.15, 0.2) is 0 Å². The fourth-order valence-electron chi connectivity index (χ4n) is 2.14. The minimum atomic E-state index is -0.290. The number of hydrogen-bond donors (Lipinski definition) is 2. The third kappa shape index (κ3) is 2.90. The molecule has 21 heavy (non-hydrogen) atoms. The lowest BCUT2D eigenvalue weighted by molar-refractivity contribution is -0.116. The second kappa shape index (κ2) is 5.57. The molecule has 0 saturated carbocycles. The molecule has 1 amide bonds. The van der Waals surface area contributed by atoms with Crippen LogP contribution in [0, 0.1) is 0 Å². The van der Waals surface area contributed by atoms with Gasteiger partial charge < -0.3 is 10.3 Å². The van der Waals surface area contributed by atoms with Gasteiger partial charge in [-0.2, -0.15) is 0 Å². The Morgan fingerprint density at radius 2 is 1.86 bits per heavy atom. The second-order valence-corrected chi connectivity index (χ2v) is 5.50. The summed E-state index contributed by atoms with van der Waals surface area (Å²) in [6, 6.07) is 14.5. The Bertz CT molecular complexity index is 849. The molecule has 6 heteroatoms. The summed E-state index contributed by atoms with van der Waals surface area (Å²) in [5, 5.41) is 2.77. The number of fused-ring (bicyclic) bond motifs is 1. The molecule has 1 aromatic heterocycles. The van der Waals surface area contributed by atoms with Crippen LogP contribution in [0.2, 0.25) is 0 Å². The van der Waals surface area contributed by atoms with Crippen LogP contribution in [0.15, 0.2) is 57.8 Å². The average molecular weight is 346 g/mol. The predicted molar refractivity (Wildman–Crippen MR) is 85.3 cm³/mol. The molecule has 106 valence electrons. The molecular weight excluding hydrogens is 334 g/mol. The summed E-state index contributed by atoms with van der Waals surface area (Å²) < 4.78 is 2.36. The van der Waals surface area contributed by atoms with Crippen LogP contribution in [-0.2, 0) is 11.3 Å². The molecule has 0 fully saturated rings. The molecule has 0 atom stereocenters. The van der Waals surface area contributed by atoms with E-state index in [-0.39, 0.29) is 18.1 Å². The standard InChI is InChI=1S/C15H12BrN3O2/c16-10-5-7-11(8-6-10)17-14(20)9-19-13-4-2-1-3-12(13)18-15(19)21/h1-8H,9H2,(H,17,20)(H,18,21). The summed E-state index contributed by atoms with van der Waals surface area (Å²) in [6.07, 6.45) is 0. The van der Waals surface area contributed by atoms with E-state index in [2.05, 4.69) is 26.2 Å². The lowest BCUT2D eigenvalue weighted by Crippen LogP contribution is -2.25. The number of carbonyl (C=O) groups excluding carboxylic acids is 1. The summed E-state index contributed by atoms with van der Waals surface area (Å²) in [5.74, 6) is -0.246. The second-order valence-electron chi connectivity index (χ2n) is 4.59. The molecule has 0 aliphatic rings. The molecule has 0 saturated heterocycles. The van der Waals surface area contributed by atoms with Gasteiger partial charge in [0.2, 0.25) is 5.91 Å². The first-order chi connectivity index (χ1) is 10.1. The van der Waals surface area contributed by atoms with Gasteiger partial charge in [-0.3, -0.25) is 9.36 Å². The summed E-state index contributed by atoms with van der Waals surface area (Å²) in [7, 11) is 0. The van der Waals surface area contributed by atoms with E-state index in [0.717, 1.165) is 9.99 Å². The molecular formula is C15H12BrN3O2. The van der Waals surface area contributed by atoms with Crippen LogP contribution in [0.3, 0.4) is 0 Å². The third-order valence-electron chi connectivity index (χ3n) is 3.11. The number of amides is 1. The number of rotatable bonds is 3. The van der Waals surface area contributed by atoms with Gasteiger partial charge in [0.25, 0.3) is 0 Å². The zero-order chi connectivity index (χ0) is 14.8. The molecule has 3 aromatic rings. The van der Waals surface area contributed by atoms with E-state index in [1.165, 1.54) is 4.57 Å². The largest absolute Gasteiger partial charge is 0.326 e. The van der Waals surface area contributed by atoms with Crippen LogP contribution >= 0.6 is 15.9 Å². The van der Waals surface area contributed by atoms with Gasteiger partial charge in [0.05, 0.1) is 11.0 Å². The molecule has 2 N–H and O–H groups in total. The number of aromatic amines is 1. The highest BCUT2D eigenvalue weighted by atomic mass is 79.9. The Labute approximate surface area is 128 Å². The van der Waals surface area contributed by atoms with E-state index in [9.17, 15) is 9.59 Å². The van der Waals surface area contributed by atoms with Crippen molar-refractivity contribution in [1.29, 1.82) is 0 Å². The van der Waals surface area contributed by atoms with Crippen LogP contribution in [0.1, 0.15) is 0 Å². The maximum atomic E-state index is 12.1. The number of nitrogens with one attached hydrogen (secondary N) is 2. The maximum absolute atomic E-state index is 12.1. The molecule has 1 heterocycles. The lowest BCUT2D eigenvalue weighted by Gasteiger charge is -2.06. The van der Waals surface area contributed by atoms with Gasteiger partial charge in [-0.05, 0) is 36.4 Å². The quantitative estimate of drug-likeness (QED) is 0.766. The van der Waals surface area contributed by atoms with Crippen molar-refractivity contribution in [2.45, 2.75) is 6.54 Å². The Morgan fingerprint density at radius 1 is 1.14 bits per heavy atom. The van der Waals surface area contributed by atoms with Gasteiger partial charge in [-0.1, -0.05) is 28.1 Å². The van der Waals surface area contributed by atoms with Crippen molar-refractivity contribution < 1.29 is 4.79 Å². The van der Waals surface area contributed by atoms with Crippen LogP contribution < -0.4 is 11.0 Å². The Balaban J connectivity index is 1.82. The van der Waals surface area contributed by atoms with Crippen molar-refractivity contribution in [1.82, 2.24) is 9.55 Å². The molecule has 0 unspecified atom stereocenters. The fraction of sp³-hybridized carbons (Fsp3) is 0.0667. The van der Waals surface area contributed by atoms with E-state index < -0.39 is 0 Å². The van der Waals surface area contributed by atoms with Crippen LogP contribution in [-0.4, -0.2) is 15.5 Å². The van der Waals surface area contributed by atoms with E-state index in [1.54, 1.807) is 24.3 Å². The first kappa shape index (κ1) is 13.6. The van der Waals surface area contributed by atoms with E-state index >= 15 is 0 Å². The number of para-hydroxylation sites is 2. The number of benzene rings is 2. The molecule has 0 aliphatic carbocycles. The third-order valence-corrected chi connectivity index (χ3v) is 3.64. The first-order valence-electron chi connectivity index (χ1n) is 6.36. The van der Waals surface area contributed by atoms with Gasteiger partial charge in [-0.25, -0.2) is 4.79 Å². The number of nitrogens with zero attached hydrogens (tertiary/aromatic N) is 1. The Hall–Kier alpha value is -2.34. The molecule has 0 spiro atoms. The number of anilines is 1. The number of halogens is 1. The molecule has 0 aliphatic heterocycles. The zero-order valence-electron chi connectivity index (χ0n) is 11.0. The maximum Gasteiger partial charge on any atom is 0.326 e. The minimum absolute atomic E-state index is 0.0289. The van der Waals surface area contributed by atoms with Crippen molar-refractivity contribution in [3.8, 4) is 0 Å². The van der Waals surface area contributed by atoms with Gasteiger partial charge >= 0.3 is 5.69 Å². The summed E-state index contributed by atoms with van der Waals surface area (Å²) >= 11 is 3.33.